The quantitative estimate of drug-likeness (QED) is 0.0262. The predicted octanol–water partition coefficient (Wildman–Crippen LogP) is 17.4. The molecule has 6 heteroatoms. The van der Waals surface area contributed by atoms with Gasteiger partial charge in [-0.15, -0.1) is 0 Å². The van der Waals surface area contributed by atoms with E-state index in [-0.39, 0.29) is 44.4 Å². The molecule has 0 spiro atoms. The van der Waals surface area contributed by atoms with Crippen LogP contribution in [-0.4, -0.2) is 37.2 Å². The summed E-state index contributed by atoms with van der Waals surface area (Å²) in [6.07, 6.45) is 78.1. The number of carbonyl (C=O) groups excluding carboxylic acids is 3. The highest BCUT2D eigenvalue weighted by Gasteiger charge is 2.19. The van der Waals surface area contributed by atoms with E-state index in [2.05, 4.69) is 179 Å². The molecule has 0 N–H and O–H groups in total. The molecule has 0 saturated carbocycles. The highest BCUT2D eigenvalue weighted by Crippen LogP contribution is 2.09. The maximum absolute atomic E-state index is 12.8. The van der Waals surface area contributed by atoms with Crippen molar-refractivity contribution in [1.29, 1.82) is 0 Å². The molecular formula is C61H92O6. The average molecular weight is 921 g/mol. The molecular weight excluding hydrogens is 829 g/mol. The van der Waals surface area contributed by atoms with Crippen LogP contribution >= 0.6 is 0 Å². The van der Waals surface area contributed by atoms with E-state index in [0.29, 0.717) is 19.3 Å². The van der Waals surface area contributed by atoms with Crippen LogP contribution in [0, 0.1) is 0 Å². The van der Waals surface area contributed by atoms with Gasteiger partial charge in [-0.05, 0) is 135 Å². The Morgan fingerprint density at radius 2 is 0.582 bits per heavy atom. The van der Waals surface area contributed by atoms with Gasteiger partial charge < -0.3 is 14.2 Å². The van der Waals surface area contributed by atoms with Gasteiger partial charge in [-0.2, -0.15) is 0 Å². The van der Waals surface area contributed by atoms with Crippen LogP contribution in [0.25, 0.3) is 0 Å². The predicted molar refractivity (Wildman–Crippen MR) is 288 cm³/mol. The van der Waals surface area contributed by atoms with Crippen molar-refractivity contribution in [2.75, 3.05) is 13.2 Å². The molecule has 0 aliphatic carbocycles. The Balaban J connectivity index is 4.68. The standard InChI is InChI=1S/C61H92O6/c1-4-7-10-13-16-19-22-25-28-30-33-36-39-42-45-48-51-54-60(63)66-57-58(56-65-59(62)53-50-47-44-41-38-35-32-27-24-21-18-15-12-9-6-3)67-61(64)55-52-49-46-43-40-37-34-31-29-26-23-20-17-14-11-8-5-2/h7-8,10-11,16-21,25-29,32-34,36-38,41-43,45-46,58H,4-6,9,12-15,22-24,30-31,35,39-40,44,47-57H2,1-3H3/b10-7-,11-8-,19-16-,20-17-,21-18-,28-25-,29-26-,32-27-,36-33-,37-34-,41-38-,45-42-,46-43-/t58-/m1/s1. The Hall–Kier alpha value is -4.97. The molecule has 0 aliphatic rings. The molecule has 0 aromatic heterocycles. The topological polar surface area (TPSA) is 78.9 Å². The minimum Gasteiger partial charge on any atom is -0.462 e. The summed E-state index contributed by atoms with van der Waals surface area (Å²) in [5, 5.41) is 0. The van der Waals surface area contributed by atoms with Gasteiger partial charge >= 0.3 is 17.9 Å². The third-order valence-corrected chi connectivity index (χ3v) is 10.00. The minimum absolute atomic E-state index is 0.146. The third-order valence-electron chi connectivity index (χ3n) is 10.00. The fourth-order valence-corrected chi connectivity index (χ4v) is 6.16. The van der Waals surface area contributed by atoms with E-state index in [0.717, 1.165) is 103 Å². The second kappa shape index (κ2) is 53.6. The fraction of sp³-hybridized carbons (Fsp3) is 0.525. The van der Waals surface area contributed by atoms with E-state index in [1.54, 1.807) is 0 Å². The zero-order valence-corrected chi connectivity index (χ0v) is 42.3. The summed E-state index contributed by atoms with van der Waals surface area (Å²) in [5.74, 6) is -1.11. The van der Waals surface area contributed by atoms with Crippen molar-refractivity contribution in [2.45, 2.75) is 194 Å². The Morgan fingerprint density at radius 1 is 0.313 bits per heavy atom. The first-order valence-electron chi connectivity index (χ1n) is 26.0. The Morgan fingerprint density at radius 3 is 0.910 bits per heavy atom. The number of hydrogen-bond acceptors (Lipinski definition) is 6. The molecule has 0 amide bonds. The lowest BCUT2D eigenvalue weighted by molar-refractivity contribution is -0.167. The highest BCUT2D eigenvalue weighted by atomic mass is 16.6. The van der Waals surface area contributed by atoms with Gasteiger partial charge in [-0.1, -0.05) is 192 Å². The van der Waals surface area contributed by atoms with Crippen molar-refractivity contribution >= 4 is 17.9 Å². The largest absolute Gasteiger partial charge is 0.462 e. The molecule has 0 radical (unpaired) electrons. The lowest BCUT2D eigenvalue weighted by atomic mass is 10.1. The summed E-state index contributed by atoms with van der Waals surface area (Å²) < 4.78 is 16.7. The molecule has 0 heterocycles. The Kier molecular flexibility index (Phi) is 49.7. The first-order chi connectivity index (χ1) is 33.0. The summed E-state index contributed by atoms with van der Waals surface area (Å²) >= 11 is 0. The van der Waals surface area contributed by atoms with Crippen LogP contribution in [0.2, 0.25) is 0 Å². The molecule has 0 aromatic rings. The van der Waals surface area contributed by atoms with Crippen molar-refractivity contribution in [3.05, 3.63) is 158 Å². The molecule has 0 unspecified atom stereocenters. The molecule has 0 rings (SSSR count). The molecule has 6 nitrogen and oxygen atoms in total. The van der Waals surface area contributed by atoms with Crippen LogP contribution in [0.1, 0.15) is 188 Å². The lowest BCUT2D eigenvalue weighted by Crippen LogP contribution is -2.30. The van der Waals surface area contributed by atoms with Gasteiger partial charge in [0.05, 0.1) is 0 Å². The summed E-state index contributed by atoms with van der Waals surface area (Å²) in [5.41, 5.74) is 0. The SMILES string of the molecule is CC/C=C\C/C=C\C/C=C\C/C=C\C/C=C\CCCC(=O)OC[C@@H](COC(=O)CCCC/C=C\C/C=C\C/C=C\CCCCC)OC(=O)CCC/C=C\C/C=C\C/C=C\C/C=C\C/C=C\CC. The van der Waals surface area contributed by atoms with Crippen LogP contribution in [0.15, 0.2) is 158 Å². The van der Waals surface area contributed by atoms with E-state index in [4.69, 9.17) is 14.2 Å². The number of rotatable bonds is 44. The molecule has 0 fully saturated rings. The maximum Gasteiger partial charge on any atom is 0.306 e. The zero-order chi connectivity index (χ0) is 48.6. The maximum atomic E-state index is 12.8. The van der Waals surface area contributed by atoms with Crippen molar-refractivity contribution in [3.8, 4) is 0 Å². The van der Waals surface area contributed by atoms with Gasteiger partial charge in [0.15, 0.2) is 6.10 Å². The summed E-state index contributed by atoms with van der Waals surface area (Å²) in [6, 6.07) is 0. The Bertz CT molecular complexity index is 1570. The first kappa shape index (κ1) is 62.0. The number of unbranched alkanes of at least 4 members (excludes halogenated alkanes) is 7. The van der Waals surface area contributed by atoms with Crippen molar-refractivity contribution in [2.24, 2.45) is 0 Å². The monoisotopic (exact) mass is 921 g/mol. The first-order valence-corrected chi connectivity index (χ1v) is 26.0. The fourth-order valence-electron chi connectivity index (χ4n) is 6.16. The molecule has 0 aromatic carbocycles. The van der Waals surface area contributed by atoms with Crippen molar-refractivity contribution in [3.63, 3.8) is 0 Å². The second-order valence-electron chi connectivity index (χ2n) is 16.3. The van der Waals surface area contributed by atoms with E-state index < -0.39 is 12.1 Å². The number of esters is 3. The molecule has 1 atom stereocenters. The minimum atomic E-state index is -0.854. The summed E-state index contributed by atoms with van der Waals surface area (Å²) in [6.45, 7) is 6.22. The van der Waals surface area contributed by atoms with E-state index >= 15 is 0 Å². The van der Waals surface area contributed by atoms with Crippen LogP contribution < -0.4 is 0 Å². The number of carbonyl (C=O) groups is 3. The van der Waals surface area contributed by atoms with E-state index in [9.17, 15) is 14.4 Å². The van der Waals surface area contributed by atoms with E-state index in [1.807, 2.05) is 0 Å². The van der Waals surface area contributed by atoms with Crippen molar-refractivity contribution in [1.82, 2.24) is 0 Å². The van der Waals surface area contributed by atoms with Crippen molar-refractivity contribution < 1.29 is 28.6 Å². The lowest BCUT2D eigenvalue weighted by Gasteiger charge is -2.18. The highest BCUT2D eigenvalue weighted by molar-refractivity contribution is 5.71. The normalized spacial score (nSPS) is 13.4. The second-order valence-corrected chi connectivity index (χ2v) is 16.3. The Labute approximate surface area is 409 Å². The molecule has 67 heavy (non-hydrogen) atoms. The van der Waals surface area contributed by atoms with E-state index in [1.165, 1.54) is 25.7 Å². The van der Waals surface area contributed by atoms with Gasteiger partial charge in [-0.3, -0.25) is 14.4 Å². The number of hydrogen-bond donors (Lipinski definition) is 0. The van der Waals surface area contributed by atoms with Crippen LogP contribution in [0.3, 0.4) is 0 Å². The molecule has 0 bridgehead atoms. The summed E-state index contributed by atoms with van der Waals surface area (Å²) in [4.78, 5) is 38.0. The molecule has 0 saturated heterocycles. The zero-order valence-electron chi connectivity index (χ0n) is 42.3. The molecule has 0 aliphatic heterocycles. The van der Waals surface area contributed by atoms with Gasteiger partial charge in [0.1, 0.15) is 13.2 Å². The van der Waals surface area contributed by atoms with Crippen LogP contribution in [-0.2, 0) is 28.6 Å². The summed E-state index contributed by atoms with van der Waals surface area (Å²) in [7, 11) is 0. The van der Waals surface area contributed by atoms with Gasteiger partial charge in [-0.25, -0.2) is 0 Å². The molecule has 372 valence electrons. The smallest absolute Gasteiger partial charge is 0.306 e. The number of allylic oxidation sites excluding steroid dienone is 26. The third kappa shape index (κ3) is 51.9. The average Bonchev–Trinajstić information content (AvgIpc) is 3.33. The van der Waals surface area contributed by atoms with Gasteiger partial charge in [0.25, 0.3) is 0 Å². The van der Waals surface area contributed by atoms with Crippen LogP contribution in [0.5, 0.6) is 0 Å². The number of ether oxygens (including phenoxy) is 3. The van der Waals surface area contributed by atoms with Crippen LogP contribution in [0.4, 0.5) is 0 Å². The van der Waals surface area contributed by atoms with Gasteiger partial charge in [0.2, 0.25) is 0 Å². The van der Waals surface area contributed by atoms with Gasteiger partial charge in [0, 0.05) is 19.3 Å².